The van der Waals surface area contributed by atoms with Crippen LogP contribution in [0, 0.1) is 23.7 Å². The lowest BCUT2D eigenvalue weighted by atomic mass is 9.90. The van der Waals surface area contributed by atoms with Crippen molar-refractivity contribution in [3.8, 4) is 0 Å². The molecule has 1 heterocycles. The Bertz CT molecular complexity index is 855. The average Bonchev–Trinajstić information content (AvgIpc) is 3.64. The molecular weight excluding hydrogens is 699 g/mol. The molecule has 0 N–H and O–H groups in total. The maximum Gasteiger partial charge on any atom is 0.132 e. The van der Waals surface area contributed by atoms with Crippen molar-refractivity contribution in [2.24, 2.45) is 23.7 Å². The summed E-state index contributed by atoms with van der Waals surface area (Å²) in [6, 6.07) is 0. The van der Waals surface area contributed by atoms with Gasteiger partial charge in [0.2, 0.25) is 0 Å². The Balaban J connectivity index is 2.29. The maximum absolute atomic E-state index is 12.7. The van der Waals surface area contributed by atoms with E-state index in [1.807, 2.05) is 0 Å². The monoisotopic (exact) mass is 800 g/mol. The minimum Gasteiger partial charge on any atom is -0.499 e. The van der Waals surface area contributed by atoms with Crippen LogP contribution in [0.15, 0.2) is 24.7 Å². The second-order valence-corrected chi connectivity index (χ2v) is 18.8. The van der Waals surface area contributed by atoms with Gasteiger partial charge in [-0.3, -0.25) is 4.79 Å². The van der Waals surface area contributed by atoms with E-state index in [0.717, 1.165) is 81.8 Å². The zero-order valence-corrected chi connectivity index (χ0v) is 39.5. The lowest BCUT2D eigenvalue weighted by Gasteiger charge is -2.21. The zero-order valence-electron chi connectivity index (χ0n) is 39.5. The molecule has 0 aromatic rings. The molecule has 2 unspecified atom stereocenters. The predicted molar refractivity (Wildman–Crippen MR) is 251 cm³/mol. The van der Waals surface area contributed by atoms with Gasteiger partial charge in [-0.05, 0) is 76.3 Å². The number of unbranched alkanes of at least 4 members (excludes halogenated alkanes) is 16. The number of hydrogen-bond donors (Lipinski definition) is 0. The van der Waals surface area contributed by atoms with Crippen molar-refractivity contribution in [2.45, 2.75) is 252 Å². The zero-order chi connectivity index (χ0) is 41.6. The highest BCUT2D eigenvalue weighted by Gasteiger charge is 2.24. The molecule has 1 aliphatic rings. The van der Waals surface area contributed by atoms with Crippen LogP contribution >= 0.6 is 0 Å². The standard InChI is InChI=1S/C53H101NO3/c1-8-12-22-32-49(33-23-13-9-2)38-30-40-53(55)39-29-21-17-20-28-37-51(46-57-48(6)52-41-43-54(7)45-52)36-27-19-16-18-26-31-47(5)56-44-42-50(34-24-14-10-3)35-25-15-11-4/h49-52H,5-6,8-46H2,1-4,7H3. The number of carbonyl (C=O) groups is 1. The summed E-state index contributed by atoms with van der Waals surface area (Å²) >= 11 is 0. The molecule has 0 aromatic heterocycles. The van der Waals surface area contributed by atoms with Crippen LogP contribution in [0.3, 0.4) is 0 Å². The lowest BCUT2D eigenvalue weighted by molar-refractivity contribution is -0.119. The average molecular weight is 800 g/mol. The second-order valence-electron chi connectivity index (χ2n) is 18.8. The molecule has 2 atom stereocenters. The Kier molecular flexibility index (Phi) is 36.7. The third-order valence-electron chi connectivity index (χ3n) is 13.3. The largest absolute Gasteiger partial charge is 0.499 e. The number of rotatable bonds is 44. The minimum absolute atomic E-state index is 0.494. The van der Waals surface area contributed by atoms with Crippen LogP contribution < -0.4 is 0 Å². The normalized spacial score (nSPS) is 15.2. The van der Waals surface area contributed by atoms with Gasteiger partial charge in [-0.2, -0.15) is 0 Å². The Morgan fingerprint density at radius 3 is 1.46 bits per heavy atom. The maximum atomic E-state index is 12.7. The van der Waals surface area contributed by atoms with Crippen LogP contribution in [0.25, 0.3) is 0 Å². The fraction of sp³-hybridized carbons (Fsp3) is 0.906. The number of hydrogen-bond acceptors (Lipinski definition) is 4. The molecule has 1 saturated heterocycles. The van der Waals surface area contributed by atoms with Crippen LogP contribution in [-0.2, 0) is 14.3 Å². The summed E-state index contributed by atoms with van der Waals surface area (Å²) in [5.41, 5.74) is 0. The number of carbonyl (C=O) groups excluding carboxylic acids is 1. The molecule has 336 valence electrons. The number of allylic oxidation sites excluding steroid dienone is 1. The predicted octanol–water partition coefficient (Wildman–Crippen LogP) is 16.8. The summed E-state index contributed by atoms with van der Waals surface area (Å²) in [5.74, 6) is 5.31. The first-order valence-electron chi connectivity index (χ1n) is 25.6. The molecule has 1 fully saturated rings. The van der Waals surface area contributed by atoms with Gasteiger partial charge in [0, 0.05) is 31.7 Å². The Hall–Kier alpha value is -1.29. The van der Waals surface area contributed by atoms with E-state index in [0.29, 0.717) is 17.6 Å². The van der Waals surface area contributed by atoms with Crippen molar-refractivity contribution in [3.05, 3.63) is 24.7 Å². The first-order chi connectivity index (χ1) is 27.8. The van der Waals surface area contributed by atoms with E-state index in [1.165, 1.54) is 193 Å². The first kappa shape index (κ1) is 53.7. The molecule has 0 bridgehead atoms. The number of Topliss-reactive ketones (excluding diaryl/α,β-unsaturated/α-hetero) is 1. The molecular formula is C53H101NO3. The quantitative estimate of drug-likeness (QED) is 0.0454. The highest BCUT2D eigenvalue weighted by atomic mass is 16.5. The van der Waals surface area contributed by atoms with Gasteiger partial charge >= 0.3 is 0 Å². The first-order valence-corrected chi connectivity index (χ1v) is 25.6. The van der Waals surface area contributed by atoms with Gasteiger partial charge in [0.15, 0.2) is 0 Å². The van der Waals surface area contributed by atoms with Crippen LogP contribution in [-0.4, -0.2) is 44.0 Å². The number of nitrogens with zero attached hydrogens (tertiary/aromatic N) is 1. The van der Waals surface area contributed by atoms with Crippen molar-refractivity contribution in [2.75, 3.05) is 33.4 Å². The number of ether oxygens (including phenoxy) is 2. The van der Waals surface area contributed by atoms with Crippen molar-refractivity contribution in [1.82, 2.24) is 4.90 Å². The van der Waals surface area contributed by atoms with Gasteiger partial charge in [0.25, 0.3) is 0 Å². The molecule has 0 amide bonds. The molecule has 0 spiro atoms. The lowest BCUT2D eigenvalue weighted by Crippen LogP contribution is -2.17. The molecule has 4 nitrogen and oxygen atoms in total. The van der Waals surface area contributed by atoms with Crippen LogP contribution in [0.5, 0.6) is 0 Å². The molecule has 1 rings (SSSR count). The third-order valence-corrected chi connectivity index (χ3v) is 13.3. The van der Waals surface area contributed by atoms with Gasteiger partial charge in [-0.15, -0.1) is 0 Å². The van der Waals surface area contributed by atoms with Crippen molar-refractivity contribution < 1.29 is 14.3 Å². The highest BCUT2D eigenvalue weighted by molar-refractivity contribution is 5.78. The van der Waals surface area contributed by atoms with E-state index in [9.17, 15) is 4.79 Å². The summed E-state index contributed by atoms with van der Waals surface area (Å²) in [6.07, 6.45) is 44.0. The molecule has 4 heteroatoms. The minimum atomic E-state index is 0.494. The van der Waals surface area contributed by atoms with Crippen molar-refractivity contribution in [1.29, 1.82) is 0 Å². The fourth-order valence-corrected chi connectivity index (χ4v) is 9.18. The molecule has 1 aliphatic heterocycles. The van der Waals surface area contributed by atoms with Crippen LogP contribution in [0.1, 0.15) is 252 Å². The smallest absolute Gasteiger partial charge is 0.132 e. The van der Waals surface area contributed by atoms with Crippen LogP contribution in [0.2, 0.25) is 0 Å². The summed E-state index contributed by atoms with van der Waals surface area (Å²) in [5, 5.41) is 0. The summed E-state index contributed by atoms with van der Waals surface area (Å²) in [7, 11) is 2.21. The van der Waals surface area contributed by atoms with E-state index in [1.54, 1.807) is 0 Å². The SMILES string of the molecule is C=C(CCCCCCCC(CCCCCCCC(=O)CCCC(CCCCC)CCCCC)COC(=C)C1CCN(C)C1)OCCC(CCCCC)CCCCC. The van der Waals surface area contributed by atoms with E-state index < -0.39 is 0 Å². The van der Waals surface area contributed by atoms with Gasteiger partial charge < -0.3 is 14.4 Å². The Morgan fingerprint density at radius 2 is 0.947 bits per heavy atom. The Labute approximate surface area is 357 Å². The van der Waals surface area contributed by atoms with E-state index in [2.05, 4.69) is 52.8 Å². The summed E-state index contributed by atoms with van der Waals surface area (Å²) in [6.45, 7) is 21.7. The van der Waals surface area contributed by atoms with Crippen molar-refractivity contribution >= 4 is 5.78 Å². The molecule has 57 heavy (non-hydrogen) atoms. The summed E-state index contributed by atoms with van der Waals surface area (Å²) < 4.78 is 12.5. The van der Waals surface area contributed by atoms with Gasteiger partial charge in [-0.1, -0.05) is 201 Å². The van der Waals surface area contributed by atoms with Crippen LogP contribution in [0.4, 0.5) is 0 Å². The highest BCUT2D eigenvalue weighted by Crippen LogP contribution is 2.27. The van der Waals surface area contributed by atoms with E-state index >= 15 is 0 Å². The number of ketones is 1. The summed E-state index contributed by atoms with van der Waals surface area (Å²) in [4.78, 5) is 15.1. The Morgan fingerprint density at radius 1 is 0.526 bits per heavy atom. The molecule has 0 radical (unpaired) electrons. The fourth-order valence-electron chi connectivity index (χ4n) is 9.18. The molecule has 0 saturated carbocycles. The second kappa shape index (κ2) is 38.9. The number of likely N-dealkylation sites (tertiary alicyclic amines) is 1. The van der Waals surface area contributed by atoms with Crippen molar-refractivity contribution in [3.63, 3.8) is 0 Å². The van der Waals surface area contributed by atoms with E-state index in [4.69, 9.17) is 9.47 Å². The molecule has 0 aromatic carbocycles. The van der Waals surface area contributed by atoms with Gasteiger partial charge in [0.05, 0.1) is 24.7 Å². The van der Waals surface area contributed by atoms with Gasteiger partial charge in [-0.25, -0.2) is 0 Å². The molecule has 0 aliphatic carbocycles. The third kappa shape index (κ3) is 32.2. The topological polar surface area (TPSA) is 38.8 Å². The van der Waals surface area contributed by atoms with E-state index in [-0.39, 0.29) is 0 Å². The van der Waals surface area contributed by atoms with Gasteiger partial charge in [0.1, 0.15) is 5.78 Å².